The van der Waals surface area contributed by atoms with Gasteiger partial charge >= 0.3 is 6.03 Å². The van der Waals surface area contributed by atoms with Crippen molar-refractivity contribution in [3.63, 3.8) is 0 Å². The highest BCUT2D eigenvalue weighted by molar-refractivity contribution is 9.10. The van der Waals surface area contributed by atoms with Gasteiger partial charge in [-0.05, 0) is 60.5 Å². The van der Waals surface area contributed by atoms with Crippen molar-refractivity contribution >= 4 is 44.1 Å². The van der Waals surface area contributed by atoms with Gasteiger partial charge in [0.1, 0.15) is 0 Å². The number of anilines is 2. The van der Waals surface area contributed by atoms with Crippen LogP contribution in [0.5, 0.6) is 0 Å². The third kappa shape index (κ3) is 4.08. The number of amides is 2. The van der Waals surface area contributed by atoms with Gasteiger partial charge in [0.25, 0.3) is 0 Å². The van der Waals surface area contributed by atoms with E-state index in [9.17, 15) is 4.79 Å². The first-order valence-electron chi connectivity index (χ1n) is 7.81. The molecule has 0 aliphatic carbocycles. The lowest BCUT2D eigenvalue weighted by molar-refractivity contribution is 0.262. The Morgan fingerprint density at radius 3 is 2.60 bits per heavy atom. The van der Waals surface area contributed by atoms with Crippen LogP contribution < -0.4 is 10.6 Å². The standard InChI is InChI=1S/C19H18BrN3OS/c1-11-8-9-12(2)14(10-11)17-13(3)25-19(22-17)23-18(24)21-16-7-5-4-6-15(16)20/h4-10H,1-3H3,(H2,21,22,23,24). The summed E-state index contributed by atoms with van der Waals surface area (Å²) in [7, 11) is 0. The minimum Gasteiger partial charge on any atom is -0.307 e. The van der Waals surface area contributed by atoms with Crippen molar-refractivity contribution in [2.75, 3.05) is 10.6 Å². The summed E-state index contributed by atoms with van der Waals surface area (Å²) in [6.45, 7) is 6.15. The molecule has 0 saturated carbocycles. The van der Waals surface area contributed by atoms with Crippen molar-refractivity contribution in [1.29, 1.82) is 0 Å². The summed E-state index contributed by atoms with van der Waals surface area (Å²) in [6.07, 6.45) is 0. The molecule has 2 amide bonds. The number of nitrogens with one attached hydrogen (secondary N) is 2. The van der Waals surface area contributed by atoms with Crippen LogP contribution in [0, 0.1) is 20.8 Å². The Morgan fingerprint density at radius 1 is 1.08 bits per heavy atom. The molecule has 0 saturated heterocycles. The van der Waals surface area contributed by atoms with Crippen LogP contribution in [0.3, 0.4) is 0 Å². The summed E-state index contributed by atoms with van der Waals surface area (Å²) in [6, 6.07) is 13.5. The second-order valence-corrected chi connectivity index (χ2v) is 7.86. The molecule has 4 nitrogen and oxygen atoms in total. The predicted octanol–water partition coefficient (Wildman–Crippen LogP) is 6.14. The predicted molar refractivity (Wildman–Crippen MR) is 109 cm³/mol. The van der Waals surface area contributed by atoms with Crippen molar-refractivity contribution in [2.45, 2.75) is 20.8 Å². The van der Waals surface area contributed by atoms with Crippen molar-refractivity contribution in [3.8, 4) is 11.3 Å². The van der Waals surface area contributed by atoms with Crippen LogP contribution in [0.15, 0.2) is 46.9 Å². The van der Waals surface area contributed by atoms with Gasteiger partial charge in [0, 0.05) is 14.9 Å². The number of hydrogen-bond acceptors (Lipinski definition) is 3. The molecular weight excluding hydrogens is 398 g/mol. The van der Waals surface area contributed by atoms with Gasteiger partial charge in [0.15, 0.2) is 5.13 Å². The molecule has 3 aromatic rings. The molecule has 0 spiro atoms. The molecule has 0 unspecified atom stereocenters. The van der Waals surface area contributed by atoms with Crippen molar-refractivity contribution in [2.24, 2.45) is 0 Å². The first kappa shape index (κ1) is 17.6. The van der Waals surface area contributed by atoms with Gasteiger partial charge < -0.3 is 5.32 Å². The molecule has 6 heteroatoms. The fourth-order valence-electron chi connectivity index (χ4n) is 2.50. The lowest BCUT2D eigenvalue weighted by atomic mass is 10.0. The Hall–Kier alpha value is -2.18. The van der Waals surface area contributed by atoms with Crippen LogP contribution in [-0.4, -0.2) is 11.0 Å². The van der Waals surface area contributed by atoms with Crippen LogP contribution >= 0.6 is 27.3 Å². The normalized spacial score (nSPS) is 10.6. The number of thiazole rings is 1. The number of aromatic nitrogens is 1. The maximum absolute atomic E-state index is 12.2. The molecule has 2 N–H and O–H groups in total. The molecular formula is C19H18BrN3OS. The van der Waals surface area contributed by atoms with Gasteiger partial charge in [-0.15, -0.1) is 11.3 Å². The van der Waals surface area contributed by atoms with E-state index < -0.39 is 0 Å². The molecule has 0 bridgehead atoms. The lowest BCUT2D eigenvalue weighted by Crippen LogP contribution is -2.19. The molecule has 1 aromatic heterocycles. The van der Waals surface area contributed by atoms with E-state index in [0.717, 1.165) is 20.6 Å². The summed E-state index contributed by atoms with van der Waals surface area (Å²) in [5.41, 5.74) is 5.09. The minimum atomic E-state index is -0.312. The summed E-state index contributed by atoms with van der Waals surface area (Å²) in [5, 5.41) is 6.22. The van der Waals surface area contributed by atoms with E-state index in [2.05, 4.69) is 63.6 Å². The third-order valence-corrected chi connectivity index (χ3v) is 5.37. The second kappa shape index (κ2) is 7.37. The third-order valence-electron chi connectivity index (χ3n) is 3.79. The van der Waals surface area contributed by atoms with E-state index in [0.29, 0.717) is 10.8 Å². The maximum Gasteiger partial charge on any atom is 0.325 e. The Bertz CT molecular complexity index is 936. The van der Waals surface area contributed by atoms with Crippen LogP contribution in [0.4, 0.5) is 15.6 Å². The van der Waals surface area contributed by atoms with Crippen LogP contribution in [0.25, 0.3) is 11.3 Å². The first-order valence-corrected chi connectivity index (χ1v) is 9.42. The molecule has 0 aliphatic heterocycles. The number of hydrogen-bond donors (Lipinski definition) is 2. The first-order chi connectivity index (χ1) is 11.9. The van der Waals surface area contributed by atoms with E-state index >= 15 is 0 Å². The van der Waals surface area contributed by atoms with Gasteiger partial charge in [-0.3, -0.25) is 5.32 Å². The van der Waals surface area contributed by atoms with Crippen LogP contribution in [0.2, 0.25) is 0 Å². The van der Waals surface area contributed by atoms with E-state index in [-0.39, 0.29) is 6.03 Å². The topological polar surface area (TPSA) is 54.0 Å². The highest BCUT2D eigenvalue weighted by Crippen LogP contribution is 2.33. The molecule has 128 valence electrons. The van der Waals surface area contributed by atoms with Gasteiger partial charge in [-0.1, -0.05) is 29.8 Å². The van der Waals surface area contributed by atoms with Crippen LogP contribution in [-0.2, 0) is 0 Å². The fourth-order valence-corrected chi connectivity index (χ4v) is 3.71. The number of carbonyl (C=O) groups excluding carboxylic acids is 1. The summed E-state index contributed by atoms with van der Waals surface area (Å²) in [5.74, 6) is 0. The summed E-state index contributed by atoms with van der Waals surface area (Å²) >= 11 is 4.89. The highest BCUT2D eigenvalue weighted by atomic mass is 79.9. The number of nitrogens with zero attached hydrogens (tertiary/aromatic N) is 1. The molecule has 0 atom stereocenters. The second-order valence-electron chi connectivity index (χ2n) is 5.80. The van der Waals surface area contributed by atoms with E-state index in [1.807, 2.05) is 31.2 Å². The zero-order valence-corrected chi connectivity index (χ0v) is 16.6. The Balaban J connectivity index is 1.80. The average molecular weight is 416 g/mol. The molecule has 2 aromatic carbocycles. The zero-order chi connectivity index (χ0) is 18.0. The lowest BCUT2D eigenvalue weighted by Gasteiger charge is -2.07. The molecule has 25 heavy (non-hydrogen) atoms. The van der Waals surface area contributed by atoms with Crippen LogP contribution in [0.1, 0.15) is 16.0 Å². The quantitative estimate of drug-likeness (QED) is 0.539. The van der Waals surface area contributed by atoms with Gasteiger partial charge in [-0.2, -0.15) is 0 Å². The number of halogens is 1. The van der Waals surface area contributed by atoms with Crippen molar-refractivity contribution in [3.05, 3.63) is 62.9 Å². The monoisotopic (exact) mass is 415 g/mol. The Kier molecular flexibility index (Phi) is 5.20. The summed E-state index contributed by atoms with van der Waals surface area (Å²) in [4.78, 5) is 17.9. The molecule has 3 rings (SSSR count). The Morgan fingerprint density at radius 2 is 1.84 bits per heavy atom. The fraction of sp³-hybridized carbons (Fsp3) is 0.158. The minimum absolute atomic E-state index is 0.312. The van der Waals surface area contributed by atoms with E-state index in [1.54, 1.807) is 0 Å². The number of benzene rings is 2. The highest BCUT2D eigenvalue weighted by Gasteiger charge is 2.14. The van der Waals surface area contributed by atoms with E-state index in [4.69, 9.17) is 0 Å². The average Bonchev–Trinajstić information content (AvgIpc) is 2.92. The van der Waals surface area contributed by atoms with Gasteiger partial charge in [-0.25, -0.2) is 9.78 Å². The summed E-state index contributed by atoms with van der Waals surface area (Å²) < 4.78 is 0.830. The molecule has 1 heterocycles. The Labute approximate surface area is 159 Å². The number of carbonyl (C=O) groups is 1. The molecule has 0 aliphatic rings. The smallest absolute Gasteiger partial charge is 0.307 e. The van der Waals surface area contributed by atoms with E-state index in [1.165, 1.54) is 22.5 Å². The van der Waals surface area contributed by atoms with Gasteiger partial charge in [0.2, 0.25) is 0 Å². The number of rotatable bonds is 3. The number of aryl methyl sites for hydroxylation is 3. The number of para-hydroxylation sites is 1. The number of urea groups is 1. The maximum atomic E-state index is 12.2. The zero-order valence-electron chi connectivity index (χ0n) is 14.2. The SMILES string of the molecule is Cc1ccc(C)c(-c2nc(NC(=O)Nc3ccccc3Br)sc2C)c1. The largest absolute Gasteiger partial charge is 0.325 e. The van der Waals surface area contributed by atoms with Gasteiger partial charge in [0.05, 0.1) is 11.4 Å². The molecule has 0 fully saturated rings. The van der Waals surface area contributed by atoms with Crippen molar-refractivity contribution < 1.29 is 4.79 Å². The van der Waals surface area contributed by atoms with Crippen molar-refractivity contribution in [1.82, 2.24) is 4.98 Å². The molecule has 0 radical (unpaired) electrons.